The molecule has 0 aliphatic carbocycles. The third-order valence-electron chi connectivity index (χ3n) is 6.46. The third-order valence-corrected chi connectivity index (χ3v) is 6.46. The molecule has 4 aromatic rings. The Morgan fingerprint density at radius 1 is 1.03 bits per heavy atom. The number of nitrogens with zero attached hydrogens (tertiary/aromatic N) is 4. The van der Waals surface area contributed by atoms with Crippen molar-refractivity contribution in [3.63, 3.8) is 0 Å². The lowest BCUT2D eigenvalue weighted by Gasteiger charge is -2.34. The second-order valence-electron chi connectivity index (χ2n) is 8.52. The normalized spacial score (nSPS) is 16.3. The van der Waals surface area contributed by atoms with Crippen molar-refractivity contribution in [1.82, 2.24) is 14.9 Å². The Balaban J connectivity index is 1.71. The van der Waals surface area contributed by atoms with E-state index in [0.29, 0.717) is 11.7 Å². The van der Waals surface area contributed by atoms with E-state index in [9.17, 15) is 0 Å². The Morgan fingerprint density at radius 3 is 2.50 bits per heavy atom. The molecule has 1 N–H and O–H groups in total. The molecule has 32 heavy (non-hydrogen) atoms. The molecule has 0 amide bonds. The van der Waals surface area contributed by atoms with Crippen LogP contribution in [0.2, 0.25) is 0 Å². The van der Waals surface area contributed by atoms with Gasteiger partial charge in [-0.1, -0.05) is 54.1 Å². The number of aryl methyl sites for hydroxylation is 1. The molecule has 1 atom stereocenters. The maximum absolute atomic E-state index is 7.28. The van der Waals surface area contributed by atoms with Gasteiger partial charge in [-0.25, -0.2) is 9.36 Å². The van der Waals surface area contributed by atoms with E-state index in [1.165, 1.54) is 24.1 Å². The number of fused-ring (bicyclic) bond motifs is 1. The molecule has 5 nitrogen and oxygen atoms in total. The number of anilines is 1. The molecule has 1 aliphatic heterocycles. The summed E-state index contributed by atoms with van der Waals surface area (Å²) in [5.74, 6) is 0. The van der Waals surface area contributed by atoms with Gasteiger partial charge in [0, 0.05) is 36.5 Å². The van der Waals surface area contributed by atoms with Gasteiger partial charge in [-0.2, -0.15) is 5.10 Å². The minimum Gasteiger partial charge on any atom is -0.368 e. The minimum atomic E-state index is 0.504. The van der Waals surface area contributed by atoms with Crippen LogP contribution in [0.5, 0.6) is 0 Å². The van der Waals surface area contributed by atoms with Crippen molar-refractivity contribution in [2.75, 3.05) is 25.0 Å². The van der Waals surface area contributed by atoms with Crippen molar-refractivity contribution in [3.8, 4) is 22.4 Å². The first kappa shape index (κ1) is 20.3. The van der Waals surface area contributed by atoms with E-state index < -0.39 is 0 Å². The van der Waals surface area contributed by atoms with Crippen LogP contribution in [0.25, 0.3) is 32.7 Å². The number of piperidine rings is 1. The first-order valence-corrected chi connectivity index (χ1v) is 11.2. The summed E-state index contributed by atoms with van der Waals surface area (Å²) in [7, 11) is 2.05. The summed E-state index contributed by atoms with van der Waals surface area (Å²) < 4.78 is 2.08. The van der Waals surface area contributed by atoms with Crippen LogP contribution in [0, 0.1) is 13.5 Å². The van der Waals surface area contributed by atoms with E-state index in [0.717, 1.165) is 41.0 Å². The summed E-state index contributed by atoms with van der Waals surface area (Å²) in [4.78, 5) is 6.03. The van der Waals surface area contributed by atoms with E-state index in [-0.39, 0.29) is 0 Å². The number of likely N-dealkylation sites (N-methyl/N-ethyl adjacent to an activating group) is 1. The van der Waals surface area contributed by atoms with E-state index in [2.05, 4.69) is 62.9 Å². The molecule has 2 aromatic heterocycles. The number of rotatable bonds is 4. The molecular formula is C27H27N5. The highest BCUT2D eigenvalue weighted by molar-refractivity contribution is 5.91. The zero-order valence-electron chi connectivity index (χ0n) is 18.5. The second kappa shape index (κ2) is 8.49. The van der Waals surface area contributed by atoms with Gasteiger partial charge in [-0.3, -0.25) is 0 Å². The van der Waals surface area contributed by atoms with Crippen LogP contribution < -0.4 is 10.2 Å². The number of aromatic nitrogens is 2. The Bertz CT molecular complexity index is 1280. The van der Waals surface area contributed by atoms with Crippen molar-refractivity contribution in [2.45, 2.75) is 25.8 Å². The van der Waals surface area contributed by atoms with Crippen molar-refractivity contribution in [2.24, 2.45) is 0 Å². The minimum absolute atomic E-state index is 0.504. The highest BCUT2D eigenvalue weighted by atomic mass is 15.3. The first-order chi connectivity index (χ1) is 15.7. The molecule has 1 fully saturated rings. The smallest absolute Gasteiger partial charge is 0.187 e. The average molecular weight is 422 g/mol. The van der Waals surface area contributed by atoms with E-state index in [4.69, 9.17) is 11.7 Å². The largest absolute Gasteiger partial charge is 0.368 e. The molecule has 1 saturated heterocycles. The number of hydrogen-bond acceptors (Lipinski definition) is 3. The highest BCUT2D eigenvalue weighted by Gasteiger charge is 2.23. The second-order valence-corrected chi connectivity index (χ2v) is 8.52. The molecular weight excluding hydrogens is 394 g/mol. The molecule has 0 radical (unpaired) electrons. The van der Waals surface area contributed by atoms with Gasteiger partial charge in [0.05, 0.1) is 23.5 Å². The van der Waals surface area contributed by atoms with Gasteiger partial charge in [-0.15, -0.1) is 0 Å². The van der Waals surface area contributed by atoms with Crippen LogP contribution in [0.4, 0.5) is 11.4 Å². The zero-order valence-corrected chi connectivity index (χ0v) is 18.5. The third kappa shape index (κ3) is 3.63. The van der Waals surface area contributed by atoms with Crippen LogP contribution in [0.3, 0.4) is 0 Å². The molecule has 0 spiro atoms. The molecule has 0 bridgehead atoms. The van der Waals surface area contributed by atoms with Gasteiger partial charge in [0.1, 0.15) is 0 Å². The van der Waals surface area contributed by atoms with Gasteiger partial charge in [0.15, 0.2) is 5.69 Å². The number of hydrogen-bond donors (Lipinski definition) is 1. The van der Waals surface area contributed by atoms with Crippen LogP contribution in [0.15, 0.2) is 66.9 Å². The fraction of sp³-hybridized carbons (Fsp3) is 0.259. The van der Waals surface area contributed by atoms with Gasteiger partial charge in [0.2, 0.25) is 0 Å². The molecule has 3 heterocycles. The summed E-state index contributed by atoms with van der Waals surface area (Å²) in [6, 6.07) is 21.4. The van der Waals surface area contributed by atoms with Crippen LogP contribution in [0.1, 0.15) is 18.4 Å². The molecule has 160 valence electrons. The van der Waals surface area contributed by atoms with Gasteiger partial charge < -0.3 is 10.2 Å². The highest BCUT2D eigenvalue weighted by Crippen LogP contribution is 2.38. The van der Waals surface area contributed by atoms with Crippen molar-refractivity contribution in [3.05, 3.63) is 83.8 Å². The number of nitrogens with one attached hydrogen (secondary N) is 1. The van der Waals surface area contributed by atoms with Gasteiger partial charge in [0.25, 0.3) is 0 Å². The predicted molar refractivity (Wildman–Crippen MR) is 131 cm³/mol. The first-order valence-electron chi connectivity index (χ1n) is 11.2. The average Bonchev–Trinajstić information content (AvgIpc) is 3.24. The maximum Gasteiger partial charge on any atom is 0.187 e. The molecule has 2 aromatic carbocycles. The van der Waals surface area contributed by atoms with Crippen LogP contribution >= 0.6 is 0 Å². The van der Waals surface area contributed by atoms with Gasteiger partial charge >= 0.3 is 0 Å². The topological polar surface area (TPSA) is 36.9 Å². The van der Waals surface area contributed by atoms with E-state index >= 15 is 0 Å². The SMILES string of the molecule is [C-]#[N+]c1ccc(-c2cc3c(N4CCCC(NC)C4)ccnn3c2-c2ccc(C)cc2)cc1. The monoisotopic (exact) mass is 421 g/mol. The fourth-order valence-electron chi connectivity index (χ4n) is 4.68. The molecule has 1 unspecified atom stereocenters. The molecule has 0 saturated carbocycles. The Hall–Kier alpha value is -3.62. The van der Waals surface area contributed by atoms with Crippen LogP contribution in [-0.4, -0.2) is 35.8 Å². The quantitative estimate of drug-likeness (QED) is 0.429. The van der Waals surface area contributed by atoms with E-state index in [1.54, 1.807) is 0 Å². The predicted octanol–water partition coefficient (Wildman–Crippen LogP) is 5.72. The standard InChI is InChI=1S/C27H27N5/c1-19-6-8-21(9-7-19)27-24(20-10-12-22(28-2)13-11-20)17-26-25(14-15-30-32(26)27)31-16-4-5-23(18-31)29-3/h6-15,17,23,29H,4-5,16,18H2,1,3H3. The Morgan fingerprint density at radius 2 is 1.78 bits per heavy atom. The molecule has 5 heteroatoms. The molecule has 5 rings (SSSR count). The van der Waals surface area contributed by atoms with Crippen molar-refractivity contribution in [1.29, 1.82) is 0 Å². The summed E-state index contributed by atoms with van der Waals surface area (Å²) in [6.07, 6.45) is 4.30. The lowest BCUT2D eigenvalue weighted by molar-refractivity contribution is 0.450. The van der Waals surface area contributed by atoms with E-state index in [1.807, 2.05) is 37.5 Å². The van der Waals surface area contributed by atoms with Crippen molar-refractivity contribution >= 4 is 16.9 Å². The summed E-state index contributed by atoms with van der Waals surface area (Å²) in [5.41, 5.74) is 8.67. The number of benzene rings is 2. The maximum atomic E-state index is 7.28. The summed E-state index contributed by atoms with van der Waals surface area (Å²) >= 11 is 0. The van der Waals surface area contributed by atoms with Crippen molar-refractivity contribution < 1.29 is 0 Å². The zero-order chi connectivity index (χ0) is 22.1. The molecule has 1 aliphatic rings. The Labute approximate surface area is 189 Å². The Kier molecular flexibility index (Phi) is 5.38. The summed E-state index contributed by atoms with van der Waals surface area (Å²) in [5, 5.41) is 8.23. The van der Waals surface area contributed by atoms with Gasteiger partial charge in [-0.05, 0) is 44.5 Å². The fourth-order valence-corrected chi connectivity index (χ4v) is 4.68. The lowest BCUT2D eigenvalue weighted by atomic mass is 10.0. The lowest BCUT2D eigenvalue weighted by Crippen LogP contribution is -2.44. The summed E-state index contributed by atoms with van der Waals surface area (Å²) in [6.45, 7) is 11.4. The van der Waals surface area contributed by atoms with Crippen LogP contribution in [-0.2, 0) is 0 Å².